The van der Waals surface area contributed by atoms with E-state index in [4.69, 9.17) is 11.6 Å². The van der Waals surface area contributed by atoms with Gasteiger partial charge < -0.3 is 10.2 Å². The van der Waals surface area contributed by atoms with Crippen LogP contribution in [0.4, 0.5) is 5.69 Å². The summed E-state index contributed by atoms with van der Waals surface area (Å²) in [7, 11) is 2.26. The van der Waals surface area contributed by atoms with Crippen molar-refractivity contribution >= 4 is 17.3 Å². The molecule has 1 aromatic rings. The van der Waals surface area contributed by atoms with E-state index in [9.17, 15) is 0 Å². The first-order valence-electron chi connectivity index (χ1n) is 8.48. The lowest BCUT2D eigenvalue weighted by Crippen LogP contribution is -2.32. The largest absolute Gasteiger partial charge is 0.371 e. The Labute approximate surface area is 133 Å². The van der Waals surface area contributed by atoms with E-state index in [1.807, 2.05) is 6.07 Å². The molecule has 0 atom stereocenters. The Bertz CT molecular complexity index is 462. The first-order chi connectivity index (χ1) is 10.2. The highest BCUT2D eigenvalue weighted by Crippen LogP contribution is 2.30. The van der Waals surface area contributed by atoms with Gasteiger partial charge in [0.1, 0.15) is 0 Å². The molecule has 3 heteroatoms. The van der Waals surface area contributed by atoms with Crippen molar-refractivity contribution < 1.29 is 0 Å². The van der Waals surface area contributed by atoms with Crippen LogP contribution in [-0.4, -0.2) is 19.1 Å². The van der Waals surface area contributed by atoms with Crippen LogP contribution in [0.25, 0.3) is 0 Å². The molecule has 0 amide bonds. The molecule has 0 saturated heterocycles. The van der Waals surface area contributed by atoms with E-state index in [-0.39, 0.29) is 0 Å². The molecule has 2 aliphatic carbocycles. The van der Waals surface area contributed by atoms with E-state index in [0.29, 0.717) is 6.04 Å². The third kappa shape index (κ3) is 4.14. The van der Waals surface area contributed by atoms with Crippen molar-refractivity contribution in [1.29, 1.82) is 0 Å². The lowest BCUT2D eigenvalue weighted by atomic mass is 10.0. The standard InChI is InChI=1S/C18H27ClN2/c1-21(17-6-4-2-3-5-7-17)18-11-8-15(19)12-14(18)13-20-16-9-10-16/h8,11-12,16-17,20H,2-7,9-10,13H2,1H3. The minimum absolute atomic E-state index is 0.688. The van der Waals surface area contributed by atoms with Crippen LogP contribution in [-0.2, 0) is 6.54 Å². The van der Waals surface area contributed by atoms with Crippen molar-refractivity contribution in [3.63, 3.8) is 0 Å². The molecule has 0 aromatic heterocycles. The van der Waals surface area contributed by atoms with E-state index >= 15 is 0 Å². The zero-order valence-electron chi connectivity index (χ0n) is 13.1. The maximum atomic E-state index is 6.22. The normalized spacial score (nSPS) is 20.3. The molecule has 3 rings (SSSR count). The van der Waals surface area contributed by atoms with Gasteiger partial charge in [0.05, 0.1) is 0 Å². The Morgan fingerprint density at radius 1 is 1.10 bits per heavy atom. The van der Waals surface area contributed by atoms with Crippen molar-refractivity contribution in [3.05, 3.63) is 28.8 Å². The first-order valence-corrected chi connectivity index (χ1v) is 8.86. The van der Waals surface area contributed by atoms with E-state index in [2.05, 4.69) is 29.4 Å². The molecule has 0 heterocycles. The maximum Gasteiger partial charge on any atom is 0.0412 e. The van der Waals surface area contributed by atoms with Gasteiger partial charge in [-0.25, -0.2) is 0 Å². The van der Waals surface area contributed by atoms with Gasteiger partial charge in [0.25, 0.3) is 0 Å². The van der Waals surface area contributed by atoms with Crippen LogP contribution < -0.4 is 10.2 Å². The topological polar surface area (TPSA) is 15.3 Å². The Kier molecular flexibility index (Phi) is 5.07. The van der Waals surface area contributed by atoms with Gasteiger partial charge in [0.15, 0.2) is 0 Å². The fourth-order valence-corrected chi connectivity index (χ4v) is 3.62. The summed E-state index contributed by atoms with van der Waals surface area (Å²) in [6, 6.07) is 7.80. The second-order valence-corrected chi connectivity index (χ2v) is 7.12. The van der Waals surface area contributed by atoms with Crippen LogP contribution in [0.3, 0.4) is 0 Å². The van der Waals surface area contributed by atoms with Gasteiger partial charge in [-0.3, -0.25) is 0 Å². The van der Waals surface area contributed by atoms with E-state index < -0.39 is 0 Å². The van der Waals surface area contributed by atoms with Crippen molar-refractivity contribution in [1.82, 2.24) is 5.32 Å². The fraction of sp³-hybridized carbons (Fsp3) is 0.667. The van der Waals surface area contributed by atoms with Gasteiger partial charge in [0, 0.05) is 36.4 Å². The average Bonchev–Trinajstić information content (AvgIpc) is 3.31. The average molecular weight is 307 g/mol. The fourth-order valence-electron chi connectivity index (χ4n) is 3.42. The molecular weight excluding hydrogens is 280 g/mol. The summed E-state index contributed by atoms with van der Waals surface area (Å²) in [5.41, 5.74) is 2.71. The number of benzene rings is 1. The summed E-state index contributed by atoms with van der Waals surface area (Å²) in [6.45, 7) is 0.942. The molecule has 0 aliphatic heterocycles. The maximum absolute atomic E-state index is 6.22. The summed E-state index contributed by atoms with van der Waals surface area (Å²) in [6.07, 6.45) is 10.9. The van der Waals surface area contributed by atoms with Crippen LogP contribution in [0.2, 0.25) is 5.02 Å². The third-order valence-electron chi connectivity index (χ3n) is 4.95. The van der Waals surface area contributed by atoms with Crippen molar-refractivity contribution in [3.8, 4) is 0 Å². The summed E-state index contributed by atoms with van der Waals surface area (Å²) in [5, 5.41) is 4.47. The Morgan fingerprint density at radius 2 is 1.81 bits per heavy atom. The molecule has 116 valence electrons. The van der Waals surface area contributed by atoms with E-state index in [1.54, 1.807) is 0 Å². The summed E-state index contributed by atoms with van der Waals surface area (Å²) in [5.74, 6) is 0. The number of hydrogen-bond donors (Lipinski definition) is 1. The summed E-state index contributed by atoms with van der Waals surface area (Å²) < 4.78 is 0. The predicted octanol–water partition coefficient (Wildman–Crippen LogP) is 4.75. The molecule has 2 nitrogen and oxygen atoms in total. The van der Waals surface area contributed by atoms with E-state index in [0.717, 1.165) is 17.6 Å². The number of anilines is 1. The minimum Gasteiger partial charge on any atom is -0.371 e. The van der Waals surface area contributed by atoms with Gasteiger partial charge >= 0.3 is 0 Å². The first kappa shape index (κ1) is 15.2. The quantitative estimate of drug-likeness (QED) is 0.790. The minimum atomic E-state index is 0.688. The van der Waals surface area contributed by atoms with Gasteiger partial charge in [-0.15, -0.1) is 0 Å². The van der Waals surface area contributed by atoms with Crippen LogP contribution in [0, 0.1) is 0 Å². The molecule has 1 N–H and O–H groups in total. The molecular formula is C18H27ClN2. The smallest absolute Gasteiger partial charge is 0.0412 e. The Morgan fingerprint density at radius 3 is 2.48 bits per heavy atom. The molecule has 2 fully saturated rings. The Balaban J connectivity index is 1.74. The van der Waals surface area contributed by atoms with E-state index in [1.165, 1.54) is 62.6 Å². The highest BCUT2D eigenvalue weighted by atomic mass is 35.5. The molecule has 0 bridgehead atoms. The lowest BCUT2D eigenvalue weighted by Gasteiger charge is -2.31. The highest BCUT2D eigenvalue weighted by molar-refractivity contribution is 6.30. The van der Waals surface area contributed by atoms with Crippen LogP contribution in [0.15, 0.2) is 18.2 Å². The second-order valence-electron chi connectivity index (χ2n) is 6.68. The molecule has 0 spiro atoms. The number of halogens is 1. The monoisotopic (exact) mass is 306 g/mol. The number of hydrogen-bond acceptors (Lipinski definition) is 2. The lowest BCUT2D eigenvalue weighted by molar-refractivity contribution is 0.550. The molecule has 0 unspecified atom stereocenters. The van der Waals surface area contributed by atoms with Crippen LogP contribution >= 0.6 is 11.6 Å². The predicted molar refractivity (Wildman–Crippen MR) is 91.2 cm³/mol. The van der Waals surface area contributed by atoms with Gasteiger partial charge in [-0.05, 0) is 49.4 Å². The summed E-state index contributed by atoms with van der Waals surface area (Å²) in [4.78, 5) is 2.51. The van der Waals surface area contributed by atoms with Crippen molar-refractivity contribution in [2.45, 2.75) is 70.0 Å². The molecule has 2 saturated carbocycles. The second kappa shape index (κ2) is 7.02. The molecule has 1 aromatic carbocycles. The Hall–Kier alpha value is -0.730. The zero-order chi connectivity index (χ0) is 14.7. The van der Waals surface area contributed by atoms with Gasteiger partial charge in [0.2, 0.25) is 0 Å². The van der Waals surface area contributed by atoms with Crippen molar-refractivity contribution in [2.24, 2.45) is 0 Å². The third-order valence-corrected chi connectivity index (χ3v) is 5.19. The highest BCUT2D eigenvalue weighted by Gasteiger charge is 2.22. The van der Waals surface area contributed by atoms with Crippen LogP contribution in [0.1, 0.15) is 56.9 Å². The SMILES string of the molecule is CN(c1ccc(Cl)cc1CNC1CC1)C1CCCCCC1. The van der Waals surface area contributed by atoms with Crippen LogP contribution in [0.5, 0.6) is 0 Å². The summed E-state index contributed by atoms with van der Waals surface area (Å²) >= 11 is 6.22. The molecule has 2 aliphatic rings. The van der Waals surface area contributed by atoms with Gasteiger partial charge in [-0.1, -0.05) is 37.3 Å². The van der Waals surface area contributed by atoms with Crippen molar-refractivity contribution in [2.75, 3.05) is 11.9 Å². The number of rotatable bonds is 5. The molecule has 21 heavy (non-hydrogen) atoms. The molecule has 0 radical (unpaired) electrons. The number of nitrogens with one attached hydrogen (secondary N) is 1. The number of nitrogens with zero attached hydrogens (tertiary/aromatic N) is 1. The zero-order valence-corrected chi connectivity index (χ0v) is 13.8. The van der Waals surface area contributed by atoms with Gasteiger partial charge in [-0.2, -0.15) is 0 Å².